The lowest BCUT2D eigenvalue weighted by Gasteiger charge is -2.22. The van der Waals surface area contributed by atoms with Crippen molar-refractivity contribution in [1.29, 1.82) is 0 Å². The van der Waals surface area contributed by atoms with Crippen LogP contribution in [0.5, 0.6) is 0 Å². The van der Waals surface area contributed by atoms with Crippen molar-refractivity contribution in [2.24, 2.45) is 0 Å². The average Bonchev–Trinajstić information content (AvgIpc) is 3.64. The van der Waals surface area contributed by atoms with Gasteiger partial charge in [-0.2, -0.15) is 0 Å². The van der Waals surface area contributed by atoms with Gasteiger partial charge in [0.05, 0.1) is 17.3 Å². The summed E-state index contributed by atoms with van der Waals surface area (Å²) in [5, 5.41) is 20.4. The van der Waals surface area contributed by atoms with Crippen molar-refractivity contribution in [3.63, 3.8) is 0 Å². The zero-order valence-electron chi connectivity index (χ0n) is 21.1. The number of aromatic nitrogens is 4. The lowest BCUT2D eigenvalue weighted by atomic mass is 9.96. The molecule has 194 valence electrons. The number of Topliss-reactive ketones (excluding diaryl/α,β-unsaturated/α-hetero) is 1. The minimum atomic E-state index is -0.878. The molecule has 1 N–H and O–H groups in total. The molecule has 10 heteroatoms. The number of fused-ring (bicyclic) bond motifs is 1. The minimum Gasteiger partial charge on any atom is -0.505 e. The smallest absolute Gasteiger partial charge is 0.301 e. The second-order valence-corrected chi connectivity index (χ2v) is 11.3. The molecular weight excluding hydrogens is 530 g/mol. The van der Waals surface area contributed by atoms with Crippen molar-refractivity contribution < 1.29 is 14.7 Å². The van der Waals surface area contributed by atoms with Crippen LogP contribution in [0.3, 0.4) is 0 Å². The number of hydrogen-bond donors (Lipinski definition) is 1. The summed E-state index contributed by atoms with van der Waals surface area (Å²) in [6, 6.07) is 22.1. The van der Waals surface area contributed by atoms with Crippen LogP contribution in [0.2, 0.25) is 0 Å². The molecule has 0 spiro atoms. The van der Waals surface area contributed by atoms with Gasteiger partial charge in [-0.1, -0.05) is 89.8 Å². The number of anilines is 1. The monoisotopic (exact) mass is 553 g/mol. The van der Waals surface area contributed by atoms with E-state index in [0.717, 1.165) is 11.1 Å². The molecule has 1 unspecified atom stereocenters. The highest BCUT2D eigenvalue weighted by molar-refractivity contribution is 8.00. The number of ketones is 1. The van der Waals surface area contributed by atoms with Gasteiger partial charge in [0, 0.05) is 11.9 Å². The summed E-state index contributed by atoms with van der Waals surface area (Å²) in [4.78, 5) is 33.0. The Morgan fingerprint density at radius 2 is 1.69 bits per heavy atom. The summed E-state index contributed by atoms with van der Waals surface area (Å²) in [6.45, 7) is 3.75. The van der Waals surface area contributed by atoms with Gasteiger partial charge in [0.15, 0.2) is 10.1 Å². The van der Waals surface area contributed by atoms with E-state index in [0.29, 0.717) is 32.1 Å². The first-order valence-corrected chi connectivity index (χ1v) is 14.0. The zero-order chi connectivity index (χ0) is 27.1. The number of carbonyl (C=O) groups is 2. The molecule has 0 bridgehead atoms. The molecule has 5 aromatic rings. The van der Waals surface area contributed by atoms with E-state index in [2.05, 4.69) is 15.2 Å². The number of hydrogen-bond acceptors (Lipinski definition) is 8. The number of nitrogens with zero attached hydrogens (tertiary/aromatic N) is 5. The van der Waals surface area contributed by atoms with Crippen molar-refractivity contribution >= 4 is 51.3 Å². The van der Waals surface area contributed by atoms with Crippen LogP contribution in [0.1, 0.15) is 34.1 Å². The van der Waals surface area contributed by atoms with Gasteiger partial charge in [-0.3, -0.25) is 14.5 Å². The van der Waals surface area contributed by atoms with E-state index < -0.39 is 17.7 Å². The number of amides is 1. The summed E-state index contributed by atoms with van der Waals surface area (Å²) in [7, 11) is 0. The molecule has 1 atom stereocenters. The van der Waals surface area contributed by atoms with Crippen LogP contribution in [-0.2, 0) is 15.3 Å². The Morgan fingerprint density at radius 1 is 0.974 bits per heavy atom. The first-order valence-electron chi connectivity index (χ1n) is 12.2. The van der Waals surface area contributed by atoms with Gasteiger partial charge in [-0.05, 0) is 36.6 Å². The molecule has 3 aromatic heterocycles. The summed E-state index contributed by atoms with van der Waals surface area (Å²) >= 11 is 2.75. The van der Waals surface area contributed by atoms with Crippen molar-refractivity contribution in [3.8, 4) is 0 Å². The predicted octanol–water partition coefficient (Wildman–Crippen LogP) is 5.72. The highest BCUT2D eigenvalue weighted by Gasteiger charge is 2.48. The molecule has 39 heavy (non-hydrogen) atoms. The van der Waals surface area contributed by atoms with E-state index in [9.17, 15) is 14.7 Å². The Morgan fingerprint density at radius 3 is 2.41 bits per heavy atom. The molecular formula is C29H23N5O3S2. The molecule has 1 saturated heterocycles. The van der Waals surface area contributed by atoms with E-state index in [1.807, 2.05) is 97.2 Å². The molecule has 0 radical (unpaired) electrons. The van der Waals surface area contributed by atoms with Gasteiger partial charge < -0.3 is 9.51 Å². The highest BCUT2D eigenvalue weighted by Crippen LogP contribution is 2.44. The van der Waals surface area contributed by atoms with Crippen molar-refractivity contribution in [2.75, 3.05) is 4.90 Å². The van der Waals surface area contributed by atoms with Crippen LogP contribution in [0.25, 0.3) is 11.4 Å². The maximum absolute atomic E-state index is 13.5. The van der Waals surface area contributed by atoms with Crippen LogP contribution < -0.4 is 4.90 Å². The molecule has 6 rings (SSSR count). The first-order chi connectivity index (χ1) is 18.9. The van der Waals surface area contributed by atoms with Gasteiger partial charge in [0.25, 0.3) is 5.78 Å². The maximum atomic E-state index is 13.5. The van der Waals surface area contributed by atoms with Crippen molar-refractivity contribution in [2.45, 2.75) is 30.0 Å². The number of rotatable bonds is 6. The number of imidazole rings is 1. The number of carbonyl (C=O) groups excluding carboxylic acids is 2. The van der Waals surface area contributed by atoms with E-state index >= 15 is 0 Å². The van der Waals surface area contributed by atoms with Gasteiger partial charge in [0.2, 0.25) is 5.13 Å². The molecule has 1 aliphatic heterocycles. The van der Waals surface area contributed by atoms with Crippen LogP contribution >= 0.6 is 23.1 Å². The van der Waals surface area contributed by atoms with Crippen molar-refractivity contribution in [3.05, 3.63) is 113 Å². The summed E-state index contributed by atoms with van der Waals surface area (Å²) < 4.78 is 2.54. The Kier molecular flexibility index (Phi) is 6.49. The SMILES string of the molecule is Cc1cccn2c(C)c(/C(O)=C3\C(=O)C(=O)N(c4nnc(SCc5ccccc5)s4)C3c3ccccc3)nc12. The van der Waals surface area contributed by atoms with E-state index in [1.54, 1.807) is 0 Å². The Labute approximate surface area is 232 Å². The Bertz CT molecular complexity index is 1740. The number of benzene rings is 2. The topological polar surface area (TPSA) is 101 Å². The van der Waals surface area contributed by atoms with Gasteiger partial charge in [-0.15, -0.1) is 10.2 Å². The summed E-state index contributed by atoms with van der Waals surface area (Å²) in [5.41, 5.74) is 4.32. The van der Waals surface area contributed by atoms with Crippen LogP contribution in [-0.4, -0.2) is 36.4 Å². The second-order valence-electron chi connectivity index (χ2n) is 9.14. The van der Waals surface area contributed by atoms with Gasteiger partial charge >= 0.3 is 5.91 Å². The average molecular weight is 554 g/mol. The molecule has 1 aliphatic rings. The third-order valence-corrected chi connectivity index (χ3v) is 8.80. The molecule has 2 aromatic carbocycles. The van der Waals surface area contributed by atoms with Crippen LogP contribution in [0, 0.1) is 13.8 Å². The molecule has 4 heterocycles. The van der Waals surface area contributed by atoms with Gasteiger partial charge in [0.1, 0.15) is 11.3 Å². The Balaban J connectivity index is 1.44. The largest absolute Gasteiger partial charge is 0.505 e. The highest BCUT2D eigenvalue weighted by atomic mass is 32.2. The summed E-state index contributed by atoms with van der Waals surface area (Å²) in [6.07, 6.45) is 1.85. The normalized spacial score (nSPS) is 16.9. The van der Waals surface area contributed by atoms with E-state index in [4.69, 9.17) is 0 Å². The molecule has 0 saturated carbocycles. The molecule has 1 fully saturated rings. The molecule has 0 aliphatic carbocycles. The third-order valence-electron chi connectivity index (χ3n) is 6.68. The van der Waals surface area contributed by atoms with E-state index in [-0.39, 0.29) is 17.0 Å². The lowest BCUT2D eigenvalue weighted by Crippen LogP contribution is -2.29. The van der Waals surface area contributed by atoms with Crippen LogP contribution in [0.4, 0.5) is 5.13 Å². The predicted molar refractivity (Wildman–Crippen MR) is 152 cm³/mol. The Hall–Kier alpha value is -4.28. The van der Waals surface area contributed by atoms with Crippen molar-refractivity contribution in [1.82, 2.24) is 19.6 Å². The standard InChI is InChI=1S/C29H23N5O3S2/c1-17-10-9-15-33-18(2)22(30-26(17)33)24(35)21-23(20-13-7-4-8-14-20)34(27(37)25(21)36)28-31-32-29(39-28)38-16-19-11-5-3-6-12-19/h3-15,23,35H,16H2,1-2H3/b24-21+. The van der Waals surface area contributed by atoms with E-state index in [1.165, 1.54) is 28.0 Å². The molecule has 1 amide bonds. The number of pyridine rings is 1. The molecule has 8 nitrogen and oxygen atoms in total. The maximum Gasteiger partial charge on any atom is 0.301 e. The van der Waals surface area contributed by atoms with Gasteiger partial charge in [-0.25, -0.2) is 4.98 Å². The minimum absolute atomic E-state index is 0.0240. The zero-order valence-corrected chi connectivity index (χ0v) is 22.7. The number of aliphatic hydroxyl groups is 1. The third kappa shape index (κ3) is 4.41. The fourth-order valence-electron chi connectivity index (χ4n) is 4.73. The second kappa shape index (κ2) is 10.1. The quantitative estimate of drug-likeness (QED) is 0.0943. The number of thioether (sulfide) groups is 1. The number of aliphatic hydroxyl groups excluding tert-OH is 1. The van der Waals surface area contributed by atoms with Crippen LogP contribution in [0.15, 0.2) is 88.9 Å². The fourth-order valence-corrected chi connectivity index (χ4v) is 6.56. The lowest BCUT2D eigenvalue weighted by molar-refractivity contribution is -0.132. The first kappa shape index (κ1) is 25.0. The summed E-state index contributed by atoms with van der Waals surface area (Å²) in [5.74, 6) is -1.17. The number of aryl methyl sites for hydroxylation is 2. The fraction of sp³-hybridized carbons (Fsp3) is 0.138.